The highest BCUT2D eigenvalue weighted by Gasteiger charge is 2.58. The minimum Gasteiger partial charge on any atom is -0.391 e. The second kappa shape index (κ2) is 5.87. The second-order valence-electron chi connectivity index (χ2n) is 5.70. The Morgan fingerprint density at radius 2 is 2.38 bits per heavy atom. The van der Waals surface area contributed by atoms with E-state index in [1.165, 1.54) is 10.9 Å². The number of aromatic amines is 1. The van der Waals surface area contributed by atoms with Gasteiger partial charge in [-0.3, -0.25) is 9.36 Å². The van der Waals surface area contributed by atoms with Gasteiger partial charge in [0.2, 0.25) is 4.91 Å². The van der Waals surface area contributed by atoms with Gasteiger partial charge in [-0.2, -0.15) is 0 Å². The van der Waals surface area contributed by atoms with Gasteiger partial charge in [-0.25, -0.2) is 9.97 Å². The molecule has 11 nitrogen and oxygen atoms in total. The number of aryl methyl sites for hydroxylation is 1. The lowest BCUT2D eigenvalue weighted by Crippen LogP contribution is -2.43. The monoisotopic (exact) mass is 336 g/mol. The van der Waals surface area contributed by atoms with Crippen LogP contribution in [0.5, 0.6) is 0 Å². The first-order valence-corrected chi connectivity index (χ1v) is 7.46. The molecule has 1 fully saturated rings. The predicted molar refractivity (Wildman–Crippen MR) is 79.9 cm³/mol. The number of ether oxygens (including phenoxy) is 1. The molecule has 0 radical (unpaired) electrons. The Balaban J connectivity index is 2.15. The summed E-state index contributed by atoms with van der Waals surface area (Å²) in [6.07, 6.45) is -0.0332. The first-order chi connectivity index (χ1) is 11.5. The molecule has 0 bridgehead atoms. The average molecular weight is 336 g/mol. The summed E-state index contributed by atoms with van der Waals surface area (Å²) < 4.78 is 7.31. The van der Waals surface area contributed by atoms with Crippen LogP contribution >= 0.6 is 0 Å². The lowest BCUT2D eigenvalue weighted by atomic mass is 9.94. The van der Waals surface area contributed by atoms with E-state index in [4.69, 9.17) is 10.3 Å². The largest absolute Gasteiger partial charge is 0.391 e. The molecule has 0 saturated carbocycles. The standard InChI is InChI=1S/C13H17N7O4/c1-3-7-9(22)13(4-21,18-19-14)24-12(7)20-5-15-8-10(20)16-6(2)17-11(8)23/h5,7,9,12,14,21-22H,3-4H2,1-2H3/p+1/t7-,9-,12+,13+/m0/s1. The number of fused-ring (bicyclic) bond motifs is 1. The number of aromatic nitrogens is 4. The third-order valence-corrected chi connectivity index (χ3v) is 4.30. The summed E-state index contributed by atoms with van der Waals surface area (Å²) in [4.78, 5) is 25.8. The second-order valence-corrected chi connectivity index (χ2v) is 5.70. The van der Waals surface area contributed by atoms with Crippen LogP contribution < -0.4 is 10.5 Å². The Kier molecular flexibility index (Phi) is 4.01. The van der Waals surface area contributed by atoms with E-state index in [9.17, 15) is 15.0 Å². The van der Waals surface area contributed by atoms with Crippen LogP contribution in [-0.4, -0.2) is 48.2 Å². The average Bonchev–Trinajstić information content (AvgIpc) is 3.08. The molecule has 4 N–H and O–H groups in total. The number of imidazole rings is 1. The van der Waals surface area contributed by atoms with Crippen LogP contribution in [0.15, 0.2) is 16.2 Å². The van der Waals surface area contributed by atoms with Crippen LogP contribution in [0, 0.1) is 18.4 Å². The van der Waals surface area contributed by atoms with Crippen molar-refractivity contribution in [1.82, 2.24) is 24.4 Å². The van der Waals surface area contributed by atoms with Crippen molar-refractivity contribution in [2.45, 2.75) is 38.3 Å². The van der Waals surface area contributed by atoms with E-state index >= 15 is 0 Å². The van der Waals surface area contributed by atoms with Gasteiger partial charge in [-0.15, -0.1) is 0 Å². The van der Waals surface area contributed by atoms with Crippen molar-refractivity contribution in [1.29, 1.82) is 5.53 Å². The number of rotatable bonds is 4. The number of H-pyrrole nitrogens is 1. The van der Waals surface area contributed by atoms with Gasteiger partial charge in [-0.1, -0.05) is 6.92 Å². The van der Waals surface area contributed by atoms with Crippen LogP contribution in [0.2, 0.25) is 0 Å². The van der Waals surface area contributed by atoms with E-state index in [1.54, 1.807) is 6.92 Å². The molecule has 0 aliphatic carbocycles. The molecule has 0 aromatic carbocycles. The fourth-order valence-corrected chi connectivity index (χ4v) is 3.10. The van der Waals surface area contributed by atoms with Gasteiger partial charge < -0.3 is 19.9 Å². The van der Waals surface area contributed by atoms with Gasteiger partial charge in [0.25, 0.3) is 11.3 Å². The van der Waals surface area contributed by atoms with Crippen molar-refractivity contribution < 1.29 is 14.9 Å². The van der Waals surface area contributed by atoms with Gasteiger partial charge in [0, 0.05) is 5.92 Å². The first-order valence-electron chi connectivity index (χ1n) is 7.46. The van der Waals surface area contributed by atoms with E-state index in [0.29, 0.717) is 17.9 Å². The number of nitrogens with one attached hydrogen (secondary N) is 2. The molecule has 1 saturated heterocycles. The summed E-state index contributed by atoms with van der Waals surface area (Å²) in [5, 5.41) is 23.7. The van der Waals surface area contributed by atoms with E-state index in [-0.39, 0.29) is 11.1 Å². The summed E-state index contributed by atoms with van der Waals surface area (Å²) in [5.41, 5.74) is 5.28. The summed E-state index contributed by atoms with van der Waals surface area (Å²) in [6.45, 7) is 2.86. The molecule has 11 heteroatoms. The highest BCUT2D eigenvalue weighted by Crippen LogP contribution is 2.44. The van der Waals surface area contributed by atoms with Gasteiger partial charge >= 0.3 is 0 Å². The Hall–Kier alpha value is -2.46. The maximum absolute atomic E-state index is 12.0. The predicted octanol–water partition coefficient (Wildman–Crippen LogP) is -0.417. The molecule has 3 heterocycles. The lowest BCUT2D eigenvalue weighted by Gasteiger charge is -2.19. The SMILES string of the molecule is CC[C@@H]1[C@H](n2cnc3c(=O)[nH]c(C)nc32)O[C@@](CO)(N=[N+]=N)[C@H]1O. The number of aliphatic hydroxyl groups excluding tert-OH is 2. The molecule has 0 spiro atoms. The Bertz CT molecular complexity index is 871. The molecular weight excluding hydrogens is 318 g/mol. The van der Waals surface area contributed by atoms with Gasteiger partial charge in [-0.05, 0) is 13.3 Å². The van der Waals surface area contributed by atoms with E-state index in [2.05, 4.69) is 25.0 Å². The molecular formula is C13H18N7O4+. The lowest BCUT2D eigenvalue weighted by molar-refractivity contribution is -0.126. The minimum atomic E-state index is -1.72. The van der Waals surface area contributed by atoms with Crippen LogP contribution in [0.1, 0.15) is 25.4 Å². The zero-order chi connectivity index (χ0) is 17.5. The van der Waals surface area contributed by atoms with E-state index < -0.39 is 30.6 Å². The smallest absolute Gasteiger partial charge is 0.293 e. The normalized spacial score (nSPS) is 29.8. The highest BCUT2D eigenvalue weighted by molar-refractivity contribution is 5.69. The number of hydrogen-bond acceptors (Lipinski definition) is 8. The van der Waals surface area contributed by atoms with Crippen molar-refractivity contribution in [3.05, 3.63) is 22.5 Å². The summed E-state index contributed by atoms with van der Waals surface area (Å²) in [7, 11) is 0. The first kappa shape index (κ1) is 16.4. The quantitative estimate of drug-likeness (QED) is 0.437. The molecule has 4 atom stereocenters. The van der Waals surface area contributed by atoms with E-state index in [1.807, 2.05) is 6.92 Å². The third-order valence-electron chi connectivity index (χ3n) is 4.30. The summed E-state index contributed by atoms with van der Waals surface area (Å²) in [6, 6.07) is 0. The fraction of sp³-hybridized carbons (Fsp3) is 0.615. The van der Waals surface area contributed by atoms with Gasteiger partial charge in [0.1, 0.15) is 30.3 Å². The third kappa shape index (κ3) is 2.26. The molecule has 2 aromatic rings. The highest BCUT2D eigenvalue weighted by atomic mass is 16.6. The molecule has 3 rings (SSSR count). The number of nitrogens with zero attached hydrogens (tertiary/aromatic N) is 5. The topological polar surface area (TPSA) is 164 Å². The fourth-order valence-electron chi connectivity index (χ4n) is 3.10. The van der Waals surface area contributed by atoms with Crippen LogP contribution in [0.25, 0.3) is 11.2 Å². The molecule has 1 aliphatic heterocycles. The zero-order valence-corrected chi connectivity index (χ0v) is 13.2. The minimum absolute atomic E-state index is 0.150. The Labute approximate surface area is 135 Å². The van der Waals surface area contributed by atoms with Gasteiger partial charge in [0.15, 0.2) is 16.3 Å². The van der Waals surface area contributed by atoms with Crippen LogP contribution in [-0.2, 0) is 4.74 Å². The summed E-state index contributed by atoms with van der Waals surface area (Å²) >= 11 is 0. The maximum atomic E-state index is 12.0. The molecule has 0 amide bonds. The van der Waals surface area contributed by atoms with Crippen molar-refractivity contribution in [3.63, 3.8) is 0 Å². The van der Waals surface area contributed by atoms with Crippen molar-refractivity contribution in [3.8, 4) is 0 Å². The Morgan fingerprint density at radius 1 is 1.62 bits per heavy atom. The zero-order valence-electron chi connectivity index (χ0n) is 13.2. The van der Waals surface area contributed by atoms with E-state index in [0.717, 1.165) is 0 Å². The summed E-state index contributed by atoms with van der Waals surface area (Å²) in [5.74, 6) is -0.0402. The number of hydrogen-bond donors (Lipinski definition) is 4. The van der Waals surface area contributed by atoms with Crippen molar-refractivity contribution in [2.75, 3.05) is 6.61 Å². The molecule has 24 heavy (non-hydrogen) atoms. The Morgan fingerprint density at radius 3 is 3.00 bits per heavy atom. The molecule has 0 unspecified atom stereocenters. The maximum Gasteiger partial charge on any atom is 0.293 e. The molecule has 128 valence electrons. The van der Waals surface area contributed by atoms with Crippen LogP contribution in [0.4, 0.5) is 0 Å². The molecule has 1 aliphatic rings. The van der Waals surface area contributed by atoms with Crippen LogP contribution in [0.3, 0.4) is 0 Å². The molecule has 2 aromatic heterocycles. The van der Waals surface area contributed by atoms with Crippen molar-refractivity contribution >= 4 is 11.2 Å². The van der Waals surface area contributed by atoms with Crippen molar-refractivity contribution in [2.24, 2.45) is 11.0 Å². The van der Waals surface area contributed by atoms with Gasteiger partial charge in [0.05, 0.1) is 6.33 Å². The number of aliphatic hydroxyl groups is 2.